The molecule has 0 saturated heterocycles. The molecular weight excluding hydrogens is 369 g/mol. The van der Waals surface area contributed by atoms with Gasteiger partial charge in [0.15, 0.2) is 23.4 Å². The quantitative estimate of drug-likeness (QED) is 0.809. The molecule has 0 saturated carbocycles. The van der Waals surface area contributed by atoms with Crippen LogP contribution in [-0.4, -0.2) is 23.6 Å². The number of ether oxygens (including phenoxy) is 2. The maximum Gasteiger partial charge on any atom is 0.192 e. The van der Waals surface area contributed by atoms with Crippen molar-refractivity contribution in [2.75, 3.05) is 19.0 Å². The minimum absolute atomic E-state index is 0.285. The van der Waals surface area contributed by atoms with E-state index in [-0.39, 0.29) is 6.10 Å². The van der Waals surface area contributed by atoms with Gasteiger partial charge < -0.3 is 14.8 Å². The zero-order chi connectivity index (χ0) is 14.1. The van der Waals surface area contributed by atoms with Gasteiger partial charge in [-0.2, -0.15) is 0 Å². The Balaban J connectivity index is 1.93. The fraction of sp³-hybridized carbons (Fsp3) is 0.286. The number of aryl methyl sites for hydroxylation is 1. The number of hydrogen-bond donors (Lipinski definition) is 1. The van der Waals surface area contributed by atoms with E-state index in [2.05, 4.69) is 37.9 Å². The van der Waals surface area contributed by atoms with Crippen LogP contribution in [0, 0.1) is 10.5 Å². The topological polar surface area (TPSA) is 56.3 Å². The minimum atomic E-state index is -0.285. The van der Waals surface area contributed by atoms with Crippen LogP contribution < -0.4 is 14.8 Å². The van der Waals surface area contributed by atoms with Crippen molar-refractivity contribution in [3.05, 3.63) is 39.4 Å². The van der Waals surface area contributed by atoms with Crippen LogP contribution >= 0.6 is 22.6 Å². The molecule has 2 heterocycles. The van der Waals surface area contributed by atoms with Crippen LogP contribution in [0.3, 0.4) is 0 Å². The second-order valence-corrected chi connectivity index (χ2v) is 5.52. The predicted octanol–water partition coefficient (Wildman–Crippen LogP) is 2.94. The van der Waals surface area contributed by atoms with Crippen LogP contribution in [0.2, 0.25) is 0 Å². The van der Waals surface area contributed by atoms with Gasteiger partial charge in [-0.15, -0.1) is 0 Å². The zero-order valence-corrected chi connectivity index (χ0v) is 13.3. The molecule has 0 aliphatic carbocycles. The van der Waals surface area contributed by atoms with Gasteiger partial charge in [-0.3, -0.25) is 0 Å². The van der Waals surface area contributed by atoms with Crippen LogP contribution in [0.25, 0.3) is 0 Å². The Bertz CT molecular complexity index is 648. The van der Waals surface area contributed by atoms with Crippen molar-refractivity contribution in [2.45, 2.75) is 13.0 Å². The summed E-state index contributed by atoms with van der Waals surface area (Å²) in [6.07, 6.45) is -0.285. The van der Waals surface area contributed by atoms with E-state index >= 15 is 0 Å². The molecule has 1 atom stereocenters. The number of hydrogen-bond acceptors (Lipinski definition) is 5. The fourth-order valence-corrected chi connectivity index (χ4v) is 2.55. The summed E-state index contributed by atoms with van der Waals surface area (Å²) >= 11 is 2.23. The van der Waals surface area contributed by atoms with E-state index in [0.29, 0.717) is 12.4 Å². The Labute approximate surface area is 130 Å². The number of rotatable bonds is 2. The second kappa shape index (κ2) is 5.43. The van der Waals surface area contributed by atoms with E-state index in [9.17, 15) is 0 Å². The van der Waals surface area contributed by atoms with Gasteiger partial charge in [0.1, 0.15) is 12.4 Å². The number of fused-ring (bicyclic) bond motifs is 1. The third-order valence-electron chi connectivity index (χ3n) is 3.07. The fourth-order valence-electron chi connectivity index (χ4n) is 2.04. The van der Waals surface area contributed by atoms with Crippen LogP contribution in [-0.2, 0) is 0 Å². The first kappa shape index (κ1) is 13.4. The van der Waals surface area contributed by atoms with Crippen molar-refractivity contribution in [3.8, 4) is 11.5 Å². The molecule has 3 rings (SSSR count). The summed E-state index contributed by atoms with van der Waals surface area (Å²) in [6, 6.07) is 7.63. The molecule has 1 aliphatic rings. The summed E-state index contributed by atoms with van der Waals surface area (Å²) in [5.41, 5.74) is 0.933. The van der Waals surface area contributed by atoms with E-state index in [0.717, 1.165) is 26.6 Å². The first-order valence-electron chi connectivity index (χ1n) is 6.29. The molecule has 20 heavy (non-hydrogen) atoms. The van der Waals surface area contributed by atoms with Gasteiger partial charge in [0.25, 0.3) is 0 Å². The molecular formula is C14H14IN3O2. The van der Waals surface area contributed by atoms with Crippen LogP contribution in [0.5, 0.6) is 11.5 Å². The van der Waals surface area contributed by atoms with Gasteiger partial charge in [-0.05, 0) is 41.6 Å². The SMILES string of the molecule is CNc1nc(C2COc3ccccc3O2)nc(C)c1I. The predicted molar refractivity (Wildman–Crippen MR) is 84.3 cm³/mol. The Hall–Kier alpha value is -1.57. The Morgan fingerprint density at radius 3 is 2.75 bits per heavy atom. The van der Waals surface area contributed by atoms with E-state index in [4.69, 9.17) is 9.47 Å². The maximum atomic E-state index is 5.93. The molecule has 0 bridgehead atoms. The number of para-hydroxylation sites is 2. The first-order chi connectivity index (χ1) is 9.69. The lowest BCUT2D eigenvalue weighted by molar-refractivity contribution is 0.0850. The molecule has 1 aromatic carbocycles. The highest BCUT2D eigenvalue weighted by Crippen LogP contribution is 2.35. The third-order valence-corrected chi connectivity index (χ3v) is 4.36. The van der Waals surface area contributed by atoms with Crippen molar-refractivity contribution in [2.24, 2.45) is 0 Å². The highest BCUT2D eigenvalue weighted by Gasteiger charge is 2.25. The summed E-state index contributed by atoms with van der Waals surface area (Å²) in [5, 5.41) is 3.08. The van der Waals surface area contributed by atoms with Crippen molar-refractivity contribution >= 4 is 28.4 Å². The molecule has 0 fully saturated rings. The number of anilines is 1. The maximum absolute atomic E-state index is 5.93. The number of benzene rings is 1. The van der Waals surface area contributed by atoms with E-state index in [1.165, 1.54) is 0 Å². The van der Waals surface area contributed by atoms with Gasteiger partial charge >= 0.3 is 0 Å². The smallest absolute Gasteiger partial charge is 0.192 e. The van der Waals surface area contributed by atoms with Crippen molar-refractivity contribution in [1.82, 2.24) is 9.97 Å². The number of nitrogens with zero attached hydrogens (tertiary/aromatic N) is 2. The lowest BCUT2D eigenvalue weighted by atomic mass is 10.2. The summed E-state index contributed by atoms with van der Waals surface area (Å²) in [4.78, 5) is 9.03. The van der Waals surface area contributed by atoms with E-state index < -0.39 is 0 Å². The molecule has 1 N–H and O–H groups in total. The highest BCUT2D eigenvalue weighted by atomic mass is 127. The molecule has 2 aromatic rings. The number of nitrogens with one attached hydrogen (secondary N) is 1. The number of aromatic nitrogens is 2. The van der Waals surface area contributed by atoms with Gasteiger partial charge in [0.05, 0.1) is 9.26 Å². The monoisotopic (exact) mass is 383 g/mol. The molecule has 1 aromatic heterocycles. The van der Waals surface area contributed by atoms with E-state index in [1.807, 2.05) is 38.2 Å². The Morgan fingerprint density at radius 1 is 1.25 bits per heavy atom. The molecule has 0 spiro atoms. The largest absolute Gasteiger partial charge is 0.485 e. The lowest BCUT2D eigenvalue weighted by Gasteiger charge is -2.25. The van der Waals surface area contributed by atoms with Crippen molar-refractivity contribution in [3.63, 3.8) is 0 Å². The van der Waals surface area contributed by atoms with E-state index in [1.54, 1.807) is 0 Å². The third kappa shape index (κ3) is 2.39. The van der Waals surface area contributed by atoms with Crippen LogP contribution in [0.15, 0.2) is 24.3 Å². The molecule has 0 radical (unpaired) electrons. The van der Waals surface area contributed by atoms with Gasteiger partial charge in [-0.1, -0.05) is 12.1 Å². The summed E-state index contributed by atoms with van der Waals surface area (Å²) in [6.45, 7) is 2.38. The van der Waals surface area contributed by atoms with Gasteiger partial charge in [0, 0.05) is 7.05 Å². The summed E-state index contributed by atoms with van der Waals surface area (Å²) in [5.74, 6) is 2.95. The molecule has 1 aliphatic heterocycles. The summed E-state index contributed by atoms with van der Waals surface area (Å²) in [7, 11) is 1.85. The first-order valence-corrected chi connectivity index (χ1v) is 7.37. The molecule has 5 nitrogen and oxygen atoms in total. The number of halogens is 1. The normalized spacial score (nSPS) is 16.9. The summed E-state index contributed by atoms with van der Waals surface area (Å²) < 4.78 is 12.7. The van der Waals surface area contributed by atoms with Gasteiger partial charge in [-0.25, -0.2) is 9.97 Å². The van der Waals surface area contributed by atoms with Crippen molar-refractivity contribution in [1.29, 1.82) is 0 Å². The molecule has 0 amide bonds. The molecule has 6 heteroatoms. The molecule has 1 unspecified atom stereocenters. The molecule has 104 valence electrons. The second-order valence-electron chi connectivity index (χ2n) is 4.44. The minimum Gasteiger partial charge on any atom is -0.485 e. The Morgan fingerprint density at radius 2 is 2.00 bits per heavy atom. The van der Waals surface area contributed by atoms with Crippen LogP contribution in [0.1, 0.15) is 17.6 Å². The average molecular weight is 383 g/mol. The highest BCUT2D eigenvalue weighted by molar-refractivity contribution is 14.1. The van der Waals surface area contributed by atoms with Crippen LogP contribution in [0.4, 0.5) is 5.82 Å². The lowest BCUT2D eigenvalue weighted by Crippen LogP contribution is -2.24. The van der Waals surface area contributed by atoms with Gasteiger partial charge in [0.2, 0.25) is 0 Å². The zero-order valence-electron chi connectivity index (χ0n) is 11.2. The van der Waals surface area contributed by atoms with Crippen molar-refractivity contribution < 1.29 is 9.47 Å². The Kier molecular flexibility index (Phi) is 3.64. The average Bonchev–Trinajstić information content (AvgIpc) is 2.49. The standard InChI is InChI=1S/C14H14IN3O2/c1-8-12(15)14(16-2)18-13(17-8)11-7-19-9-5-3-4-6-10(9)20-11/h3-6,11H,7H2,1-2H3,(H,16,17,18).